The minimum atomic E-state index is 0.223. The van der Waals surface area contributed by atoms with Crippen LogP contribution in [0.2, 0.25) is 10.3 Å². The number of hydrogen-bond donors (Lipinski definition) is 1. The van der Waals surface area contributed by atoms with E-state index in [2.05, 4.69) is 22.2 Å². The average Bonchev–Trinajstić information content (AvgIpc) is 3.02. The third-order valence-corrected chi connectivity index (χ3v) is 3.19. The molecule has 3 nitrogen and oxygen atoms in total. The van der Waals surface area contributed by atoms with Crippen molar-refractivity contribution in [3.63, 3.8) is 0 Å². The van der Waals surface area contributed by atoms with E-state index in [-0.39, 0.29) is 5.28 Å². The molecule has 0 saturated heterocycles. The van der Waals surface area contributed by atoms with Crippen molar-refractivity contribution in [1.29, 1.82) is 0 Å². The highest BCUT2D eigenvalue weighted by atomic mass is 35.5. The highest BCUT2D eigenvalue weighted by molar-refractivity contribution is 6.33. The minimum Gasteiger partial charge on any atom is -0.368 e. The summed E-state index contributed by atoms with van der Waals surface area (Å²) in [5.41, 5.74) is 0. The van der Waals surface area contributed by atoms with Gasteiger partial charge in [0.2, 0.25) is 5.28 Å². The van der Waals surface area contributed by atoms with E-state index in [1.54, 1.807) is 0 Å². The molecule has 1 heterocycles. The summed E-state index contributed by atoms with van der Waals surface area (Å²) >= 11 is 11.6. The Hall–Kier alpha value is -0.540. The van der Waals surface area contributed by atoms with Crippen LogP contribution in [0.15, 0.2) is 6.20 Å². The Morgan fingerprint density at radius 3 is 2.93 bits per heavy atom. The van der Waals surface area contributed by atoms with Crippen LogP contribution in [-0.4, -0.2) is 16.5 Å². The smallest absolute Gasteiger partial charge is 0.224 e. The van der Waals surface area contributed by atoms with E-state index in [0.29, 0.717) is 16.8 Å². The van der Waals surface area contributed by atoms with Crippen LogP contribution in [0.1, 0.15) is 19.8 Å². The van der Waals surface area contributed by atoms with Gasteiger partial charge in [0.25, 0.3) is 0 Å². The summed E-state index contributed by atoms with van der Waals surface area (Å²) in [7, 11) is 0. The quantitative estimate of drug-likeness (QED) is 0.828. The number of rotatable bonds is 4. The minimum absolute atomic E-state index is 0.223. The van der Waals surface area contributed by atoms with Crippen LogP contribution < -0.4 is 5.32 Å². The molecule has 1 N–H and O–H groups in total. The van der Waals surface area contributed by atoms with E-state index in [0.717, 1.165) is 12.5 Å². The van der Waals surface area contributed by atoms with Crippen LogP contribution in [0.5, 0.6) is 0 Å². The first-order chi connectivity index (χ1) is 7.16. The van der Waals surface area contributed by atoms with Gasteiger partial charge in [-0.2, -0.15) is 4.98 Å². The molecule has 1 aliphatic carbocycles. The van der Waals surface area contributed by atoms with Crippen LogP contribution in [0.3, 0.4) is 0 Å². The van der Waals surface area contributed by atoms with Crippen LogP contribution in [0.25, 0.3) is 0 Å². The molecule has 2 rings (SSSR count). The highest BCUT2D eigenvalue weighted by Gasteiger charge is 2.27. The highest BCUT2D eigenvalue weighted by Crippen LogP contribution is 2.36. The topological polar surface area (TPSA) is 37.8 Å². The first-order valence-corrected chi connectivity index (χ1v) is 5.84. The van der Waals surface area contributed by atoms with Crippen LogP contribution in [-0.2, 0) is 0 Å². The Labute approximate surface area is 99.2 Å². The van der Waals surface area contributed by atoms with Crippen molar-refractivity contribution in [2.45, 2.75) is 19.8 Å². The number of nitrogens with zero attached hydrogens (tertiary/aromatic N) is 2. The number of halogens is 2. The zero-order valence-electron chi connectivity index (χ0n) is 8.50. The number of aromatic nitrogens is 2. The lowest BCUT2D eigenvalue weighted by Crippen LogP contribution is -2.14. The second kappa shape index (κ2) is 4.54. The monoisotopic (exact) mass is 245 g/mol. The van der Waals surface area contributed by atoms with E-state index >= 15 is 0 Å². The number of anilines is 1. The van der Waals surface area contributed by atoms with Gasteiger partial charge in [-0.3, -0.25) is 0 Å². The molecule has 1 aromatic rings. The van der Waals surface area contributed by atoms with Crippen molar-refractivity contribution in [3.05, 3.63) is 16.5 Å². The summed E-state index contributed by atoms with van der Waals surface area (Å²) in [6.07, 6.45) is 4.21. The zero-order valence-corrected chi connectivity index (χ0v) is 10.0. The lowest BCUT2D eigenvalue weighted by Gasteiger charge is -2.12. The fraction of sp³-hybridized carbons (Fsp3) is 0.600. The molecule has 1 atom stereocenters. The lowest BCUT2D eigenvalue weighted by atomic mass is 10.1. The van der Waals surface area contributed by atoms with E-state index in [1.807, 2.05) is 0 Å². The maximum Gasteiger partial charge on any atom is 0.224 e. The second-order valence-electron chi connectivity index (χ2n) is 4.03. The largest absolute Gasteiger partial charge is 0.368 e. The Morgan fingerprint density at radius 1 is 1.53 bits per heavy atom. The Kier molecular flexibility index (Phi) is 3.32. The fourth-order valence-corrected chi connectivity index (χ4v) is 1.85. The SMILES string of the molecule is CC(CNc1nc(Cl)ncc1Cl)C1CC1. The molecule has 0 aromatic carbocycles. The zero-order chi connectivity index (χ0) is 10.8. The predicted octanol–water partition coefficient (Wildman–Crippen LogP) is 3.24. The second-order valence-corrected chi connectivity index (χ2v) is 4.78. The number of nitrogens with one attached hydrogen (secondary N) is 1. The summed E-state index contributed by atoms with van der Waals surface area (Å²) in [5.74, 6) is 2.16. The molecule has 0 amide bonds. The van der Waals surface area contributed by atoms with Gasteiger partial charge in [0.15, 0.2) is 0 Å². The molecule has 5 heteroatoms. The standard InChI is InChI=1S/C10H13Cl2N3/c1-6(7-2-3-7)4-13-9-8(11)5-14-10(12)15-9/h5-7H,2-4H2,1H3,(H,13,14,15). The molecule has 82 valence electrons. The van der Waals surface area contributed by atoms with Crippen LogP contribution >= 0.6 is 23.2 Å². The van der Waals surface area contributed by atoms with Gasteiger partial charge in [0, 0.05) is 6.54 Å². The maximum absolute atomic E-state index is 5.93. The summed E-state index contributed by atoms with van der Waals surface area (Å²) in [6, 6.07) is 0. The predicted molar refractivity (Wildman–Crippen MR) is 62.4 cm³/mol. The molecular formula is C10H13Cl2N3. The van der Waals surface area contributed by atoms with Crippen molar-refractivity contribution < 1.29 is 0 Å². The van der Waals surface area contributed by atoms with Crippen LogP contribution in [0, 0.1) is 11.8 Å². The fourth-order valence-electron chi connectivity index (χ4n) is 1.56. The van der Waals surface area contributed by atoms with Gasteiger partial charge in [-0.1, -0.05) is 18.5 Å². The van der Waals surface area contributed by atoms with Gasteiger partial charge in [-0.25, -0.2) is 4.98 Å². The molecule has 0 aliphatic heterocycles. The van der Waals surface area contributed by atoms with Crippen molar-refractivity contribution in [2.75, 3.05) is 11.9 Å². The molecule has 1 saturated carbocycles. The molecule has 0 radical (unpaired) electrons. The molecule has 15 heavy (non-hydrogen) atoms. The van der Waals surface area contributed by atoms with Crippen molar-refractivity contribution in [2.24, 2.45) is 11.8 Å². The Morgan fingerprint density at radius 2 is 2.27 bits per heavy atom. The van der Waals surface area contributed by atoms with E-state index in [1.165, 1.54) is 19.0 Å². The summed E-state index contributed by atoms with van der Waals surface area (Å²) < 4.78 is 0. The summed E-state index contributed by atoms with van der Waals surface area (Å²) in [5, 5.41) is 3.95. The maximum atomic E-state index is 5.93. The van der Waals surface area contributed by atoms with Gasteiger partial charge in [0.05, 0.1) is 6.20 Å². The Bertz CT molecular complexity index is 353. The van der Waals surface area contributed by atoms with Crippen molar-refractivity contribution in [1.82, 2.24) is 9.97 Å². The molecule has 0 bridgehead atoms. The Balaban J connectivity index is 1.94. The molecule has 0 spiro atoms. The van der Waals surface area contributed by atoms with E-state index in [9.17, 15) is 0 Å². The summed E-state index contributed by atoms with van der Waals surface area (Å²) in [6.45, 7) is 3.12. The molecule has 1 aliphatic rings. The van der Waals surface area contributed by atoms with Gasteiger partial charge >= 0.3 is 0 Å². The van der Waals surface area contributed by atoms with Gasteiger partial charge in [0.1, 0.15) is 10.8 Å². The first kappa shape index (κ1) is 11.0. The summed E-state index contributed by atoms with van der Waals surface area (Å²) in [4.78, 5) is 7.83. The average molecular weight is 246 g/mol. The molecule has 1 aromatic heterocycles. The van der Waals surface area contributed by atoms with Crippen molar-refractivity contribution >= 4 is 29.0 Å². The van der Waals surface area contributed by atoms with Gasteiger partial charge in [-0.05, 0) is 36.3 Å². The van der Waals surface area contributed by atoms with E-state index in [4.69, 9.17) is 23.2 Å². The van der Waals surface area contributed by atoms with Gasteiger partial charge in [-0.15, -0.1) is 0 Å². The van der Waals surface area contributed by atoms with Crippen LogP contribution in [0.4, 0.5) is 5.82 Å². The molecule has 1 fully saturated rings. The number of hydrogen-bond acceptors (Lipinski definition) is 3. The van der Waals surface area contributed by atoms with Crippen molar-refractivity contribution in [3.8, 4) is 0 Å². The first-order valence-electron chi connectivity index (χ1n) is 5.08. The normalized spacial score (nSPS) is 17.5. The van der Waals surface area contributed by atoms with E-state index < -0.39 is 0 Å². The van der Waals surface area contributed by atoms with Gasteiger partial charge < -0.3 is 5.32 Å². The third kappa shape index (κ3) is 2.95. The lowest BCUT2D eigenvalue weighted by molar-refractivity contribution is 0.536. The molecular weight excluding hydrogens is 233 g/mol. The third-order valence-electron chi connectivity index (χ3n) is 2.73. The molecule has 1 unspecified atom stereocenters.